The molecular formula is C10H11N5O4. The summed E-state index contributed by atoms with van der Waals surface area (Å²) in [6.45, 7) is -0.245. The molecular weight excluding hydrogens is 254 g/mol. The summed E-state index contributed by atoms with van der Waals surface area (Å²) in [6, 6.07) is 0. The molecule has 4 N–H and O–H groups in total. The first-order chi connectivity index (χ1) is 9.10. The highest BCUT2D eigenvalue weighted by Crippen LogP contribution is 2.26. The van der Waals surface area contributed by atoms with Gasteiger partial charge >= 0.3 is 0 Å². The second-order valence-corrected chi connectivity index (χ2v) is 4.24. The number of hydrogen-bond acceptors (Lipinski definition) is 7. The van der Waals surface area contributed by atoms with Gasteiger partial charge < -0.3 is 15.6 Å². The molecule has 0 radical (unpaired) electrons. The third kappa shape index (κ3) is 1.79. The molecule has 1 aliphatic heterocycles. The zero-order valence-corrected chi connectivity index (χ0v) is 9.74. The monoisotopic (exact) mass is 265 g/mol. The molecule has 2 aromatic rings. The lowest BCUT2D eigenvalue weighted by Gasteiger charge is -2.12. The number of nitrogens with two attached hydrogens (primary N) is 1. The number of H-pyrrole nitrogens is 1. The van der Waals surface area contributed by atoms with Gasteiger partial charge in [-0.05, 0) is 0 Å². The summed E-state index contributed by atoms with van der Waals surface area (Å²) in [6.07, 6.45) is -0.0705. The van der Waals surface area contributed by atoms with Crippen molar-refractivity contribution in [1.82, 2.24) is 19.5 Å². The van der Waals surface area contributed by atoms with Gasteiger partial charge in [0.05, 0.1) is 19.0 Å². The quantitative estimate of drug-likeness (QED) is 0.604. The van der Waals surface area contributed by atoms with E-state index in [-0.39, 0.29) is 35.9 Å². The number of nitrogens with zero attached hydrogens (tertiary/aromatic N) is 3. The average molecular weight is 265 g/mol. The van der Waals surface area contributed by atoms with Gasteiger partial charge in [-0.15, -0.1) is 0 Å². The number of rotatable bonds is 2. The minimum absolute atomic E-state index is 0.0663. The van der Waals surface area contributed by atoms with Crippen molar-refractivity contribution in [3.63, 3.8) is 0 Å². The average Bonchev–Trinajstić information content (AvgIpc) is 2.92. The van der Waals surface area contributed by atoms with E-state index in [0.29, 0.717) is 0 Å². The first-order valence-corrected chi connectivity index (χ1v) is 5.61. The summed E-state index contributed by atoms with van der Waals surface area (Å²) in [7, 11) is 0. The van der Waals surface area contributed by atoms with Crippen LogP contribution < -0.4 is 11.3 Å². The molecule has 0 bridgehead atoms. The highest BCUT2D eigenvalue weighted by atomic mass is 16.5. The molecule has 3 rings (SSSR count). The Morgan fingerprint density at radius 1 is 1.58 bits per heavy atom. The van der Waals surface area contributed by atoms with Gasteiger partial charge in [-0.1, -0.05) is 0 Å². The highest BCUT2D eigenvalue weighted by Gasteiger charge is 2.35. The van der Waals surface area contributed by atoms with Crippen LogP contribution in [0, 0.1) is 0 Å². The molecule has 1 fully saturated rings. The third-order valence-electron chi connectivity index (χ3n) is 2.93. The number of Topliss-reactive ketones (excluding diaryl/α,β-unsaturated/α-hetero) is 1. The van der Waals surface area contributed by atoms with Gasteiger partial charge in [0.2, 0.25) is 5.95 Å². The topological polar surface area (TPSA) is 136 Å². The molecule has 0 amide bonds. The molecule has 2 unspecified atom stereocenters. The van der Waals surface area contributed by atoms with Crippen molar-refractivity contribution >= 4 is 22.9 Å². The maximum atomic E-state index is 11.8. The summed E-state index contributed by atoms with van der Waals surface area (Å²) in [5.41, 5.74) is 5.25. The van der Waals surface area contributed by atoms with Crippen LogP contribution in [0.4, 0.5) is 5.95 Å². The van der Waals surface area contributed by atoms with Crippen LogP contribution in [-0.2, 0) is 9.53 Å². The first kappa shape index (κ1) is 11.8. The van der Waals surface area contributed by atoms with E-state index >= 15 is 0 Å². The van der Waals surface area contributed by atoms with Crippen LogP contribution in [-0.4, -0.2) is 43.1 Å². The molecule has 0 aliphatic carbocycles. The number of aliphatic hydroxyl groups is 1. The second-order valence-electron chi connectivity index (χ2n) is 4.24. The molecule has 0 spiro atoms. The fourth-order valence-corrected chi connectivity index (χ4v) is 2.07. The fourth-order valence-electron chi connectivity index (χ4n) is 2.07. The van der Waals surface area contributed by atoms with Crippen molar-refractivity contribution in [2.45, 2.75) is 18.8 Å². The van der Waals surface area contributed by atoms with Crippen molar-refractivity contribution in [3.8, 4) is 0 Å². The summed E-state index contributed by atoms with van der Waals surface area (Å²) < 4.78 is 6.73. The summed E-state index contributed by atoms with van der Waals surface area (Å²) in [4.78, 5) is 33.6. The minimum Gasteiger partial charge on any atom is -0.394 e. The number of nitrogens with one attached hydrogen (secondary N) is 1. The van der Waals surface area contributed by atoms with Gasteiger partial charge in [0, 0.05) is 6.42 Å². The van der Waals surface area contributed by atoms with Gasteiger partial charge in [0.15, 0.2) is 23.2 Å². The number of aromatic amines is 1. The van der Waals surface area contributed by atoms with Gasteiger partial charge in [-0.2, -0.15) is 4.98 Å². The number of fused-ring (bicyclic) bond motifs is 1. The van der Waals surface area contributed by atoms with Gasteiger partial charge in [-0.3, -0.25) is 19.1 Å². The van der Waals surface area contributed by atoms with Crippen LogP contribution >= 0.6 is 0 Å². The minimum atomic E-state index is -0.934. The number of carbonyl (C=O) groups is 1. The summed E-state index contributed by atoms with van der Waals surface area (Å²) in [5, 5.41) is 9.01. The lowest BCUT2D eigenvalue weighted by molar-refractivity contribution is -0.127. The Morgan fingerprint density at radius 2 is 2.37 bits per heavy atom. The number of ether oxygens (including phenoxy) is 1. The maximum absolute atomic E-state index is 11.8. The van der Waals surface area contributed by atoms with Crippen molar-refractivity contribution in [3.05, 3.63) is 16.7 Å². The predicted molar refractivity (Wildman–Crippen MR) is 63.2 cm³/mol. The number of nitrogen functional groups attached to an aromatic ring is 1. The van der Waals surface area contributed by atoms with Crippen molar-refractivity contribution < 1.29 is 14.6 Å². The van der Waals surface area contributed by atoms with Gasteiger partial charge in [-0.25, -0.2) is 4.98 Å². The van der Waals surface area contributed by atoms with Crippen LogP contribution in [0.25, 0.3) is 11.2 Å². The van der Waals surface area contributed by atoms with Crippen LogP contribution in [0.2, 0.25) is 0 Å². The molecule has 2 aromatic heterocycles. The summed E-state index contributed by atoms with van der Waals surface area (Å²) in [5.74, 6) is -0.276. The third-order valence-corrected chi connectivity index (χ3v) is 2.93. The Labute approximate surface area is 106 Å². The van der Waals surface area contributed by atoms with E-state index in [1.165, 1.54) is 10.9 Å². The number of carbonyl (C=O) groups excluding carboxylic acids is 1. The molecule has 1 saturated heterocycles. The molecule has 1 aliphatic rings. The SMILES string of the molecule is Nc1nc2c(ncn2C2OC(CO)CC2=O)c(=O)[nH]1. The number of hydrogen-bond donors (Lipinski definition) is 3. The van der Waals surface area contributed by atoms with E-state index in [2.05, 4.69) is 15.0 Å². The molecule has 3 heterocycles. The summed E-state index contributed by atoms with van der Waals surface area (Å²) >= 11 is 0. The van der Waals surface area contributed by atoms with E-state index in [4.69, 9.17) is 15.6 Å². The van der Waals surface area contributed by atoms with Crippen molar-refractivity contribution in [1.29, 1.82) is 0 Å². The van der Waals surface area contributed by atoms with E-state index in [0.717, 1.165) is 0 Å². The Bertz CT molecular complexity index is 705. The molecule has 0 aromatic carbocycles. The predicted octanol–water partition coefficient (Wildman–Crippen LogP) is -1.45. The number of ketones is 1. The van der Waals surface area contributed by atoms with Crippen LogP contribution in [0.5, 0.6) is 0 Å². The Kier molecular flexibility index (Phi) is 2.57. The van der Waals surface area contributed by atoms with Crippen LogP contribution in [0.1, 0.15) is 12.6 Å². The fraction of sp³-hybridized carbons (Fsp3) is 0.400. The second kappa shape index (κ2) is 4.14. The molecule has 9 nitrogen and oxygen atoms in total. The maximum Gasteiger partial charge on any atom is 0.280 e. The standard InChI is InChI=1S/C10H11N5O4/c11-10-13-7-6(8(18)14-10)12-3-15(7)9-5(17)1-4(2-16)19-9/h3-4,9,16H,1-2H2,(H3,11,13,14,18). The smallest absolute Gasteiger partial charge is 0.280 e. The first-order valence-electron chi connectivity index (χ1n) is 5.61. The Hall–Kier alpha value is -2.26. The molecule has 19 heavy (non-hydrogen) atoms. The van der Waals surface area contributed by atoms with E-state index in [1.807, 2.05) is 0 Å². The van der Waals surface area contributed by atoms with Crippen LogP contribution in [0.3, 0.4) is 0 Å². The largest absolute Gasteiger partial charge is 0.394 e. The Morgan fingerprint density at radius 3 is 3.05 bits per heavy atom. The zero-order chi connectivity index (χ0) is 13.6. The molecule has 9 heteroatoms. The highest BCUT2D eigenvalue weighted by molar-refractivity contribution is 5.85. The molecule has 100 valence electrons. The number of imidazole rings is 1. The number of aliphatic hydroxyl groups excluding tert-OH is 1. The normalized spacial score (nSPS) is 23.3. The van der Waals surface area contributed by atoms with Crippen molar-refractivity contribution in [2.24, 2.45) is 0 Å². The number of aromatic nitrogens is 4. The van der Waals surface area contributed by atoms with E-state index in [1.54, 1.807) is 0 Å². The zero-order valence-electron chi connectivity index (χ0n) is 9.74. The lowest BCUT2D eigenvalue weighted by Crippen LogP contribution is -2.18. The van der Waals surface area contributed by atoms with E-state index < -0.39 is 17.9 Å². The Balaban J connectivity index is 2.11. The molecule has 0 saturated carbocycles. The van der Waals surface area contributed by atoms with Crippen molar-refractivity contribution in [2.75, 3.05) is 12.3 Å². The molecule has 2 atom stereocenters. The van der Waals surface area contributed by atoms with Crippen LogP contribution in [0.15, 0.2) is 11.1 Å². The lowest BCUT2D eigenvalue weighted by atomic mass is 10.2. The number of anilines is 1. The van der Waals surface area contributed by atoms with Gasteiger partial charge in [0.1, 0.15) is 0 Å². The van der Waals surface area contributed by atoms with Gasteiger partial charge in [0.25, 0.3) is 5.56 Å². The van der Waals surface area contributed by atoms with E-state index in [9.17, 15) is 9.59 Å².